The molecule has 0 saturated heterocycles. The molecular weight excluding hydrogens is 676 g/mol. The van der Waals surface area contributed by atoms with Crippen molar-refractivity contribution in [3.05, 3.63) is 69.2 Å². The molecule has 4 aromatic rings. The number of amides is 2. The van der Waals surface area contributed by atoms with Crippen molar-refractivity contribution < 1.29 is 46.1 Å². The number of aromatic nitrogens is 3. The minimum atomic E-state index is -5.46. The molecule has 2 aromatic carbocycles. The second-order valence-electron chi connectivity index (χ2n) is 11.6. The SMILES string of the molecule is COc1cc(C(=O)NCC(O)(c2cc3c(c(-c4cc(Cl)c(F)c(Cl)c4)n2)OC[C@]3(C)C(N)=O)C(F)(F)F)cc2cn(C3(F)CC3)nc12. The van der Waals surface area contributed by atoms with Gasteiger partial charge >= 0.3 is 6.18 Å². The highest BCUT2D eigenvalue weighted by atomic mass is 35.5. The first kappa shape index (κ1) is 32.7. The number of ether oxygens (including phenoxy) is 2. The molecule has 0 radical (unpaired) electrons. The molecule has 47 heavy (non-hydrogen) atoms. The second kappa shape index (κ2) is 10.9. The first-order chi connectivity index (χ1) is 21.9. The van der Waals surface area contributed by atoms with Crippen LogP contribution in [0.4, 0.5) is 22.0 Å². The summed E-state index contributed by atoms with van der Waals surface area (Å²) in [4.78, 5) is 29.7. The standard InChI is InChI=1S/C30H24Cl2F5N5O5/c1-27(26(38)44)12-47-24-16(27)9-20(40-23(24)13-6-17(31)21(33)18(32)7-13)29(45,30(35,36)37)11-39-25(43)14-5-15-10-42(28(34)3-4-28)41-22(15)19(8-14)46-2/h5-10,45H,3-4,11-12H2,1-2H3,(H2,38,44)(H,39,43)/t27-,29?/m0/s1. The zero-order valence-corrected chi connectivity index (χ0v) is 25.9. The second-order valence-corrected chi connectivity index (χ2v) is 12.4. The Bertz CT molecular complexity index is 1960. The molecule has 6 rings (SSSR count). The van der Waals surface area contributed by atoms with E-state index in [0.717, 1.165) is 22.9 Å². The molecule has 1 fully saturated rings. The van der Waals surface area contributed by atoms with Gasteiger partial charge in [-0.25, -0.2) is 18.4 Å². The van der Waals surface area contributed by atoms with Gasteiger partial charge in [-0.2, -0.15) is 18.3 Å². The molecule has 17 heteroatoms. The first-order valence-electron chi connectivity index (χ1n) is 13.9. The Morgan fingerprint density at radius 3 is 2.40 bits per heavy atom. The molecule has 2 amide bonds. The molecule has 1 aliphatic heterocycles. The number of pyridine rings is 1. The number of carbonyl (C=O) groups is 2. The van der Waals surface area contributed by atoms with Gasteiger partial charge < -0.3 is 25.6 Å². The summed E-state index contributed by atoms with van der Waals surface area (Å²) < 4.78 is 85.3. The number of nitrogens with two attached hydrogens (primary N) is 1. The highest BCUT2D eigenvalue weighted by Gasteiger charge is 2.58. The number of fused-ring (bicyclic) bond motifs is 2. The summed E-state index contributed by atoms with van der Waals surface area (Å²) in [6.45, 7) is -0.510. The number of methoxy groups -OCH3 is 1. The number of nitrogens with one attached hydrogen (secondary N) is 1. The summed E-state index contributed by atoms with van der Waals surface area (Å²) >= 11 is 11.9. The Morgan fingerprint density at radius 1 is 1.17 bits per heavy atom. The van der Waals surface area contributed by atoms with Gasteiger partial charge in [0, 0.05) is 41.1 Å². The Hall–Kier alpha value is -4.21. The smallest absolute Gasteiger partial charge is 0.424 e. The number of halogens is 7. The summed E-state index contributed by atoms with van der Waals surface area (Å²) in [6, 6.07) is 5.39. The normalized spacial score (nSPS) is 19.5. The fourth-order valence-corrected chi connectivity index (χ4v) is 5.75. The summed E-state index contributed by atoms with van der Waals surface area (Å²) in [5.41, 5.74) is -1.50. The van der Waals surface area contributed by atoms with Crippen molar-refractivity contribution in [1.29, 1.82) is 0 Å². The van der Waals surface area contributed by atoms with Gasteiger partial charge in [0.05, 0.1) is 29.4 Å². The van der Waals surface area contributed by atoms with Crippen LogP contribution in [-0.2, 0) is 21.6 Å². The van der Waals surface area contributed by atoms with Gasteiger partial charge in [-0.1, -0.05) is 23.2 Å². The molecule has 1 unspecified atom stereocenters. The van der Waals surface area contributed by atoms with Crippen LogP contribution in [0.1, 0.15) is 41.4 Å². The quantitative estimate of drug-likeness (QED) is 0.168. The average molecular weight is 700 g/mol. The fourth-order valence-electron chi connectivity index (χ4n) is 5.26. The number of rotatable bonds is 8. The van der Waals surface area contributed by atoms with Crippen LogP contribution in [0.15, 0.2) is 36.5 Å². The van der Waals surface area contributed by atoms with Crippen LogP contribution in [0.2, 0.25) is 10.0 Å². The van der Waals surface area contributed by atoms with Crippen molar-refractivity contribution in [1.82, 2.24) is 20.1 Å². The van der Waals surface area contributed by atoms with Gasteiger partial charge in [-0.3, -0.25) is 9.59 Å². The van der Waals surface area contributed by atoms with Gasteiger partial charge in [0.25, 0.3) is 5.91 Å². The third-order valence-electron chi connectivity index (χ3n) is 8.40. The van der Waals surface area contributed by atoms with Gasteiger partial charge in [0.15, 0.2) is 5.82 Å². The van der Waals surface area contributed by atoms with E-state index in [0.29, 0.717) is 0 Å². The monoisotopic (exact) mass is 699 g/mol. The summed E-state index contributed by atoms with van der Waals surface area (Å²) in [7, 11) is 1.28. The summed E-state index contributed by atoms with van der Waals surface area (Å²) in [5, 5.41) is 16.9. The molecule has 248 valence electrons. The van der Waals surface area contributed by atoms with E-state index in [1.807, 2.05) is 0 Å². The maximum Gasteiger partial charge on any atom is 0.424 e. The van der Waals surface area contributed by atoms with Gasteiger partial charge in [-0.05, 0) is 37.3 Å². The molecule has 2 atom stereocenters. The lowest BCUT2D eigenvalue weighted by molar-refractivity contribution is -0.265. The van der Waals surface area contributed by atoms with Gasteiger partial charge in [0.2, 0.25) is 17.3 Å². The minimum absolute atomic E-state index is 0.0639. The van der Waals surface area contributed by atoms with E-state index in [-0.39, 0.29) is 64.2 Å². The number of carbonyl (C=O) groups excluding carboxylic acids is 2. The molecule has 1 saturated carbocycles. The van der Waals surface area contributed by atoms with Crippen molar-refractivity contribution in [3.8, 4) is 22.8 Å². The van der Waals surface area contributed by atoms with Crippen LogP contribution < -0.4 is 20.5 Å². The van der Waals surface area contributed by atoms with Crippen LogP contribution in [0, 0.1) is 5.82 Å². The Kier molecular flexibility index (Phi) is 7.60. The predicted molar refractivity (Wildman–Crippen MR) is 159 cm³/mol. The highest BCUT2D eigenvalue weighted by molar-refractivity contribution is 6.35. The average Bonchev–Trinajstić information content (AvgIpc) is 3.45. The fraction of sp³-hybridized carbons (Fsp3) is 0.333. The van der Waals surface area contributed by atoms with E-state index in [1.165, 1.54) is 32.4 Å². The van der Waals surface area contributed by atoms with Crippen LogP contribution in [0.25, 0.3) is 22.2 Å². The molecule has 0 bridgehead atoms. The van der Waals surface area contributed by atoms with Crippen molar-refractivity contribution in [2.24, 2.45) is 5.73 Å². The predicted octanol–water partition coefficient (Wildman–Crippen LogP) is 5.28. The molecule has 0 spiro atoms. The van der Waals surface area contributed by atoms with E-state index < -0.39 is 62.9 Å². The Morgan fingerprint density at radius 2 is 1.83 bits per heavy atom. The number of hydrogen-bond donors (Lipinski definition) is 3. The van der Waals surface area contributed by atoms with Gasteiger partial charge in [0.1, 0.15) is 34.7 Å². The van der Waals surface area contributed by atoms with E-state index in [2.05, 4.69) is 15.4 Å². The van der Waals surface area contributed by atoms with E-state index in [1.54, 1.807) is 0 Å². The van der Waals surface area contributed by atoms with Crippen LogP contribution in [0.3, 0.4) is 0 Å². The lowest BCUT2D eigenvalue weighted by Gasteiger charge is -2.31. The molecule has 10 nitrogen and oxygen atoms in total. The van der Waals surface area contributed by atoms with Crippen LogP contribution in [0.5, 0.6) is 11.5 Å². The number of primary amides is 1. The molecule has 2 aromatic heterocycles. The van der Waals surface area contributed by atoms with Crippen LogP contribution >= 0.6 is 23.2 Å². The summed E-state index contributed by atoms with van der Waals surface area (Å²) in [5.74, 6) is -4.77. The molecule has 3 heterocycles. The minimum Gasteiger partial charge on any atom is -0.494 e. The maximum atomic E-state index is 14.8. The lowest BCUT2D eigenvalue weighted by atomic mass is 9.81. The van der Waals surface area contributed by atoms with E-state index in [9.17, 15) is 36.6 Å². The number of benzene rings is 2. The van der Waals surface area contributed by atoms with E-state index in [4.69, 9.17) is 38.4 Å². The molecule has 4 N–H and O–H groups in total. The highest BCUT2D eigenvalue weighted by Crippen LogP contribution is 2.49. The van der Waals surface area contributed by atoms with Crippen molar-refractivity contribution in [3.63, 3.8) is 0 Å². The first-order valence-corrected chi connectivity index (χ1v) is 14.7. The number of aliphatic hydroxyl groups is 1. The third-order valence-corrected chi connectivity index (χ3v) is 8.95. The molecular formula is C30H24Cl2F5N5O5. The molecule has 2 aliphatic rings. The van der Waals surface area contributed by atoms with Crippen molar-refractivity contribution >= 4 is 45.9 Å². The third kappa shape index (κ3) is 5.29. The zero-order valence-electron chi connectivity index (χ0n) is 24.4. The summed E-state index contributed by atoms with van der Waals surface area (Å²) in [6.07, 6.45) is -3.61. The zero-order chi connectivity index (χ0) is 34.3. The Labute approximate surface area is 272 Å². The van der Waals surface area contributed by atoms with Gasteiger partial charge in [-0.15, -0.1) is 0 Å². The van der Waals surface area contributed by atoms with Crippen LogP contribution in [-0.4, -0.2) is 58.1 Å². The number of nitrogens with zero attached hydrogens (tertiary/aromatic N) is 3. The maximum absolute atomic E-state index is 14.8. The Balaban J connectivity index is 1.42. The molecule has 1 aliphatic carbocycles. The van der Waals surface area contributed by atoms with Crippen molar-refractivity contribution in [2.45, 2.75) is 42.8 Å². The largest absolute Gasteiger partial charge is 0.494 e. The number of hydrogen-bond acceptors (Lipinski definition) is 7. The number of alkyl halides is 4. The van der Waals surface area contributed by atoms with E-state index >= 15 is 0 Å². The topological polar surface area (TPSA) is 142 Å². The van der Waals surface area contributed by atoms with Crippen molar-refractivity contribution in [2.75, 3.05) is 20.3 Å². The lowest BCUT2D eigenvalue weighted by Crippen LogP contribution is -2.51.